The number of carbonyl (C=O) groups is 1. The summed E-state index contributed by atoms with van der Waals surface area (Å²) in [5.74, 6) is -0.647. The Labute approximate surface area is 154 Å². The largest absolute Gasteiger partial charge is 0.417 e. The van der Waals surface area contributed by atoms with Crippen molar-refractivity contribution < 1.29 is 18.0 Å². The topological polar surface area (TPSA) is 46.4 Å². The van der Waals surface area contributed by atoms with Crippen molar-refractivity contribution in [1.82, 2.24) is 9.38 Å². The summed E-state index contributed by atoms with van der Waals surface area (Å²) in [6.07, 6.45) is -2.61. The summed E-state index contributed by atoms with van der Waals surface area (Å²) in [6.45, 7) is 0. The Bertz CT molecular complexity index is 965. The molecule has 10 heteroatoms. The first-order chi connectivity index (χ1) is 11.6. The molecule has 3 rings (SSSR count). The van der Waals surface area contributed by atoms with E-state index < -0.39 is 17.6 Å². The number of imidazole rings is 1. The van der Waals surface area contributed by atoms with Crippen molar-refractivity contribution >= 4 is 52.0 Å². The zero-order valence-electron chi connectivity index (χ0n) is 12.0. The highest BCUT2D eigenvalue weighted by molar-refractivity contribution is 6.35. The number of pyridine rings is 1. The predicted octanol–water partition coefficient (Wildman–Crippen LogP) is 5.57. The van der Waals surface area contributed by atoms with Gasteiger partial charge in [-0.2, -0.15) is 13.2 Å². The van der Waals surface area contributed by atoms with Crippen LogP contribution in [0.15, 0.2) is 36.7 Å². The van der Waals surface area contributed by atoms with E-state index in [4.69, 9.17) is 34.8 Å². The maximum absolute atomic E-state index is 12.8. The van der Waals surface area contributed by atoms with Crippen molar-refractivity contribution in [2.75, 3.05) is 5.32 Å². The third kappa shape index (κ3) is 3.84. The maximum atomic E-state index is 12.8. The van der Waals surface area contributed by atoms with Gasteiger partial charge in [0.15, 0.2) is 5.65 Å². The SMILES string of the molecule is O=C(Nc1cc(Cl)cc(Cl)c1)c1cn2cc(C(F)(F)F)cc(Cl)c2n1. The monoisotopic (exact) mass is 407 g/mol. The Morgan fingerprint density at radius 1 is 1.04 bits per heavy atom. The fourth-order valence-electron chi connectivity index (χ4n) is 2.14. The van der Waals surface area contributed by atoms with Crippen molar-refractivity contribution in [3.63, 3.8) is 0 Å². The molecule has 0 unspecified atom stereocenters. The summed E-state index contributed by atoms with van der Waals surface area (Å²) in [4.78, 5) is 16.2. The number of halogens is 6. The summed E-state index contributed by atoms with van der Waals surface area (Å²) in [5.41, 5.74) is -0.709. The van der Waals surface area contributed by atoms with Crippen molar-refractivity contribution in [3.05, 3.63) is 63.0 Å². The summed E-state index contributed by atoms with van der Waals surface area (Å²) in [5, 5.41) is 2.92. The van der Waals surface area contributed by atoms with Gasteiger partial charge in [-0.15, -0.1) is 0 Å². The minimum Gasteiger partial charge on any atom is -0.321 e. The number of rotatable bonds is 2. The first kappa shape index (κ1) is 17.8. The Balaban J connectivity index is 1.95. The molecule has 0 radical (unpaired) electrons. The van der Waals surface area contributed by atoms with Gasteiger partial charge in [0.1, 0.15) is 5.69 Å². The fourth-order valence-corrected chi connectivity index (χ4v) is 2.93. The molecular weight excluding hydrogens is 402 g/mol. The zero-order valence-corrected chi connectivity index (χ0v) is 14.3. The van der Waals surface area contributed by atoms with Crippen LogP contribution in [0.3, 0.4) is 0 Å². The van der Waals surface area contributed by atoms with Crippen molar-refractivity contribution in [2.45, 2.75) is 6.18 Å². The number of hydrogen-bond donors (Lipinski definition) is 1. The zero-order chi connectivity index (χ0) is 18.4. The molecule has 0 atom stereocenters. The lowest BCUT2D eigenvalue weighted by Crippen LogP contribution is -2.12. The van der Waals surface area contributed by atoms with Gasteiger partial charge in [-0.3, -0.25) is 4.79 Å². The van der Waals surface area contributed by atoms with E-state index in [0.717, 1.165) is 22.9 Å². The second kappa shape index (κ2) is 6.40. The second-order valence-corrected chi connectivity index (χ2v) is 6.32. The van der Waals surface area contributed by atoms with E-state index in [-0.39, 0.29) is 16.4 Å². The van der Waals surface area contributed by atoms with E-state index in [2.05, 4.69) is 10.3 Å². The standard InChI is InChI=1S/C15H7Cl3F3N3O/c16-8-2-9(17)4-10(3-8)22-14(25)12-6-24-5-7(15(19,20)21)1-11(18)13(24)23-12/h1-6H,(H,22,25). The summed E-state index contributed by atoms with van der Waals surface area (Å²) >= 11 is 17.5. The Kier molecular flexibility index (Phi) is 4.57. The second-order valence-electron chi connectivity index (χ2n) is 5.04. The minimum atomic E-state index is -4.57. The summed E-state index contributed by atoms with van der Waals surface area (Å²) in [6, 6.07) is 5.18. The highest BCUT2D eigenvalue weighted by Gasteiger charge is 2.32. The molecule has 1 aromatic carbocycles. The van der Waals surface area contributed by atoms with Crippen LogP contribution >= 0.6 is 34.8 Å². The van der Waals surface area contributed by atoms with Gasteiger partial charge in [-0.25, -0.2) is 4.98 Å². The van der Waals surface area contributed by atoms with E-state index in [9.17, 15) is 18.0 Å². The number of fused-ring (bicyclic) bond motifs is 1. The maximum Gasteiger partial charge on any atom is 0.417 e. The Morgan fingerprint density at radius 3 is 2.28 bits per heavy atom. The van der Waals surface area contributed by atoms with Gasteiger partial charge in [0.05, 0.1) is 10.6 Å². The highest BCUT2D eigenvalue weighted by atomic mass is 35.5. The van der Waals surface area contributed by atoms with Crippen LogP contribution in [0.2, 0.25) is 15.1 Å². The van der Waals surface area contributed by atoms with Crippen LogP contribution in [0.1, 0.15) is 16.1 Å². The molecule has 3 aromatic rings. The fraction of sp³-hybridized carbons (Fsp3) is 0.0667. The number of amides is 1. The third-order valence-electron chi connectivity index (χ3n) is 3.19. The molecular formula is C15H7Cl3F3N3O. The molecule has 1 amide bonds. The molecule has 0 aliphatic rings. The Morgan fingerprint density at radius 2 is 1.68 bits per heavy atom. The number of carbonyl (C=O) groups excluding carboxylic acids is 1. The number of aromatic nitrogens is 2. The number of nitrogens with zero attached hydrogens (tertiary/aromatic N) is 2. The number of hydrogen-bond acceptors (Lipinski definition) is 2. The van der Waals surface area contributed by atoms with Gasteiger partial charge < -0.3 is 9.72 Å². The average molecular weight is 409 g/mol. The van der Waals surface area contributed by atoms with Crippen molar-refractivity contribution in [1.29, 1.82) is 0 Å². The molecule has 2 aromatic heterocycles. The van der Waals surface area contributed by atoms with Gasteiger partial charge in [-0.05, 0) is 24.3 Å². The lowest BCUT2D eigenvalue weighted by atomic mass is 10.3. The normalized spacial score (nSPS) is 11.8. The molecule has 0 aliphatic heterocycles. The van der Waals surface area contributed by atoms with Gasteiger partial charge in [0, 0.05) is 28.1 Å². The number of anilines is 1. The number of benzene rings is 1. The van der Waals surface area contributed by atoms with Crippen LogP contribution in [0, 0.1) is 0 Å². The van der Waals surface area contributed by atoms with Gasteiger partial charge in [-0.1, -0.05) is 34.8 Å². The minimum absolute atomic E-state index is 0.0314. The molecule has 0 saturated carbocycles. The lowest BCUT2D eigenvalue weighted by molar-refractivity contribution is -0.137. The van der Waals surface area contributed by atoms with Crippen LogP contribution in [0.5, 0.6) is 0 Å². The molecule has 4 nitrogen and oxygen atoms in total. The molecule has 1 N–H and O–H groups in total. The summed E-state index contributed by atoms with van der Waals surface area (Å²) < 4.78 is 39.5. The smallest absolute Gasteiger partial charge is 0.321 e. The molecule has 0 aliphatic carbocycles. The quantitative estimate of drug-likeness (QED) is 0.603. The van der Waals surface area contributed by atoms with E-state index in [1.165, 1.54) is 18.2 Å². The van der Waals surface area contributed by atoms with Crippen LogP contribution in [-0.4, -0.2) is 15.3 Å². The molecule has 0 spiro atoms. The Hall–Kier alpha value is -1.96. The first-order valence-electron chi connectivity index (χ1n) is 6.66. The van der Waals surface area contributed by atoms with E-state index in [1.54, 1.807) is 0 Å². The van der Waals surface area contributed by atoms with E-state index >= 15 is 0 Å². The molecule has 2 heterocycles. The molecule has 0 fully saturated rings. The van der Waals surface area contributed by atoms with Crippen LogP contribution in [0.25, 0.3) is 5.65 Å². The number of alkyl halides is 3. The third-order valence-corrected chi connectivity index (χ3v) is 3.90. The van der Waals surface area contributed by atoms with Crippen LogP contribution in [0.4, 0.5) is 18.9 Å². The molecule has 130 valence electrons. The van der Waals surface area contributed by atoms with E-state index in [1.807, 2.05) is 0 Å². The summed E-state index contributed by atoms with van der Waals surface area (Å²) in [7, 11) is 0. The lowest BCUT2D eigenvalue weighted by Gasteiger charge is -2.07. The average Bonchev–Trinajstić information content (AvgIpc) is 2.90. The van der Waals surface area contributed by atoms with Crippen molar-refractivity contribution in [3.8, 4) is 0 Å². The molecule has 0 bridgehead atoms. The van der Waals surface area contributed by atoms with E-state index in [0.29, 0.717) is 15.7 Å². The predicted molar refractivity (Wildman–Crippen MR) is 89.6 cm³/mol. The van der Waals surface area contributed by atoms with Gasteiger partial charge >= 0.3 is 6.18 Å². The highest BCUT2D eigenvalue weighted by Crippen LogP contribution is 2.32. The molecule has 25 heavy (non-hydrogen) atoms. The van der Waals surface area contributed by atoms with Gasteiger partial charge in [0.25, 0.3) is 5.91 Å². The van der Waals surface area contributed by atoms with Crippen molar-refractivity contribution in [2.24, 2.45) is 0 Å². The number of nitrogens with one attached hydrogen (secondary N) is 1. The van der Waals surface area contributed by atoms with Gasteiger partial charge in [0.2, 0.25) is 0 Å². The molecule has 0 saturated heterocycles. The first-order valence-corrected chi connectivity index (χ1v) is 7.80. The van der Waals surface area contributed by atoms with Crippen LogP contribution < -0.4 is 5.32 Å². The van der Waals surface area contributed by atoms with Crippen LogP contribution in [-0.2, 0) is 6.18 Å².